The molecule has 2 aromatic rings. The largest absolute Gasteiger partial charge is 0.320 e. The van der Waals surface area contributed by atoms with Crippen molar-refractivity contribution in [1.29, 1.82) is 10.7 Å². The molecule has 6 heteroatoms. The van der Waals surface area contributed by atoms with Gasteiger partial charge in [0.1, 0.15) is 22.9 Å². The minimum Gasteiger partial charge on any atom is -0.320 e. The van der Waals surface area contributed by atoms with Gasteiger partial charge in [-0.05, 0) is 18.1 Å². The molecule has 0 saturated heterocycles. The van der Waals surface area contributed by atoms with Gasteiger partial charge >= 0.3 is 0 Å². The Morgan fingerprint density at radius 3 is 2.72 bits per heavy atom. The molecule has 3 rings (SSSR count). The van der Waals surface area contributed by atoms with Gasteiger partial charge in [-0.1, -0.05) is 27.7 Å². The van der Waals surface area contributed by atoms with Crippen LogP contribution in [0, 0.1) is 28.5 Å². The number of nitrogens with one attached hydrogen (secondary N) is 1. The van der Waals surface area contributed by atoms with Gasteiger partial charge in [0, 0.05) is 35.0 Å². The van der Waals surface area contributed by atoms with E-state index < -0.39 is 0 Å². The SMILES string of the molecule is C[C@@H]1CSc2cc(-c3cnc(C(C)(C)C)c(F)c3)c(C#N)c(=N)n2C1. The third-order valence-electron chi connectivity index (χ3n) is 4.29. The smallest absolute Gasteiger partial charge is 0.145 e. The van der Waals surface area contributed by atoms with Crippen LogP contribution in [-0.2, 0) is 12.0 Å². The van der Waals surface area contributed by atoms with Crippen LogP contribution in [0.15, 0.2) is 23.4 Å². The van der Waals surface area contributed by atoms with Crippen molar-refractivity contribution in [3.05, 3.63) is 40.9 Å². The Morgan fingerprint density at radius 1 is 1.40 bits per heavy atom. The molecule has 1 atom stereocenters. The number of hydrogen-bond donors (Lipinski definition) is 1. The number of nitrogens with zero attached hydrogens (tertiary/aromatic N) is 3. The average molecular weight is 356 g/mol. The molecule has 130 valence electrons. The lowest BCUT2D eigenvalue weighted by Crippen LogP contribution is -2.31. The Balaban J connectivity index is 2.19. The van der Waals surface area contributed by atoms with Crippen molar-refractivity contribution in [3.63, 3.8) is 0 Å². The predicted octanol–water partition coefficient (Wildman–Crippen LogP) is 4.08. The highest BCUT2D eigenvalue weighted by Gasteiger charge is 2.23. The second kappa shape index (κ2) is 6.30. The Kier molecular flexibility index (Phi) is 4.46. The molecule has 3 heterocycles. The lowest BCUT2D eigenvalue weighted by Gasteiger charge is -2.25. The first-order chi connectivity index (χ1) is 11.7. The summed E-state index contributed by atoms with van der Waals surface area (Å²) in [6, 6.07) is 5.44. The average Bonchev–Trinajstić information content (AvgIpc) is 2.54. The number of aromatic nitrogens is 2. The van der Waals surface area contributed by atoms with E-state index in [2.05, 4.69) is 18.0 Å². The van der Waals surface area contributed by atoms with Crippen molar-refractivity contribution in [2.45, 2.75) is 44.7 Å². The van der Waals surface area contributed by atoms with Crippen molar-refractivity contribution in [1.82, 2.24) is 9.55 Å². The van der Waals surface area contributed by atoms with Crippen LogP contribution in [0.3, 0.4) is 0 Å². The summed E-state index contributed by atoms with van der Waals surface area (Å²) in [5, 5.41) is 18.9. The number of rotatable bonds is 1. The number of fused-ring (bicyclic) bond motifs is 1. The minimum absolute atomic E-state index is 0.189. The monoisotopic (exact) mass is 356 g/mol. The van der Waals surface area contributed by atoms with E-state index in [1.54, 1.807) is 18.0 Å². The summed E-state index contributed by atoms with van der Waals surface area (Å²) in [6.45, 7) is 8.59. The summed E-state index contributed by atoms with van der Waals surface area (Å²) in [5.41, 5.74) is 1.58. The van der Waals surface area contributed by atoms with Gasteiger partial charge in [-0.3, -0.25) is 10.4 Å². The topological polar surface area (TPSA) is 65.5 Å². The normalized spacial score (nSPS) is 17.0. The molecule has 0 spiro atoms. The number of halogens is 1. The van der Waals surface area contributed by atoms with E-state index in [1.165, 1.54) is 6.07 Å². The van der Waals surface area contributed by atoms with Crippen molar-refractivity contribution in [2.24, 2.45) is 5.92 Å². The van der Waals surface area contributed by atoms with E-state index in [-0.39, 0.29) is 22.3 Å². The second-order valence-electron chi connectivity index (χ2n) is 7.56. The van der Waals surface area contributed by atoms with Gasteiger partial charge in [0.05, 0.1) is 10.7 Å². The summed E-state index contributed by atoms with van der Waals surface area (Å²) >= 11 is 1.67. The Hall–Kier alpha value is -2.13. The summed E-state index contributed by atoms with van der Waals surface area (Å²) in [4.78, 5) is 4.30. The van der Waals surface area contributed by atoms with E-state index in [0.717, 1.165) is 17.3 Å². The van der Waals surface area contributed by atoms with Crippen LogP contribution in [-0.4, -0.2) is 15.3 Å². The second-order valence-corrected chi connectivity index (χ2v) is 8.60. The molecule has 0 aliphatic carbocycles. The van der Waals surface area contributed by atoms with Gasteiger partial charge in [0.2, 0.25) is 0 Å². The summed E-state index contributed by atoms with van der Waals surface area (Å²) in [5.74, 6) is 1.04. The molecule has 1 aliphatic rings. The number of pyridine rings is 2. The zero-order chi connectivity index (χ0) is 18.4. The molecule has 0 bridgehead atoms. The first kappa shape index (κ1) is 17.7. The Bertz CT molecular complexity index is 934. The molecular formula is C19H21FN4S. The van der Waals surface area contributed by atoms with Crippen molar-refractivity contribution in [3.8, 4) is 17.2 Å². The molecular weight excluding hydrogens is 335 g/mol. The molecule has 0 amide bonds. The van der Waals surface area contributed by atoms with E-state index in [1.807, 2.05) is 31.4 Å². The fraction of sp³-hybridized carbons (Fsp3) is 0.421. The zero-order valence-corrected chi connectivity index (χ0v) is 15.7. The van der Waals surface area contributed by atoms with Crippen LogP contribution in [0.1, 0.15) is 39.0 Å². The summed E-state index contributed by atoms with van der Waals surface area (Å²) in [7, 11) is 0. The highest BCUT2D eigenvalue weighted by molar-refractivity contribution is 7.99. The van der Waals surface area contributed by atoms with Crippen molar-refractivity contribution in [2.75, 3.05) is 5.75 Å². The van der Waals surface area contributed by atoms with Gasteiger partial charge in [-0.15, -0.1) is 11.8 Å². The van der Waals surface area contributed by atoms with Gasteiger partial charge < -0.3 is 4.57 Å². The van der Waals surface area contributed by atoms with E-state index in [9.17, 15) is 9.65 Å². The molecule has 0 radical (unpaired) electrons. The number of nitriles is 1. The number of hydrogen-bond acceptors (Lipinski definition) is 4. The first-order valence-corrected chi connectivity index (χ1v) is 9.22. The predicted molar refractivity (Wildman–Crippen MR) is 96.8 cm³/mol. The molecule has 4 nitrogen and oxygen atoms in total. The maximum atomic E-state index is 14.6. The summed E-state index contributed by atoms with van der Waals surface area (Å²) in [6.07, 6.45) is 1.60. The van der Waals surface area contributed by atoms with Crippen LogP contribution in [0.4, 0.5) is 4.39 Å². The Labute approximate surface area is 151 Å². The third kappa shape index (κ3) is 3.21. The van der Waals surface area contributed by atoms with E-state index in [0.29, 0.717) is 22.7 Å². The molecule has 0 aromatic carbocycles. The lowest BCUT2D eigenvalue weighted by molar-refractivity contribution is 0.466. The van der Waals surface area contributed by atoms with Gasteiger partial charge in [0.25, 0.3) is 0 Å². The minimum atomic E-state index is -0.390. The molecule has 1 N–H and O–H groups in total. The first-order valence-electron chi connectivity index (χ1n) is 8.24. The lowest BCUT2D eigenvalue weighted by atomic mass is 9.90. The highest BCUT2D eigenvalue weighted by atomic mass is 32.2. The molecule has 0 saturated carbocycles. The van der Waals surface area contributed by atoms with E-state index in [4.69, 9.17) is 5.41 Å². The van der Waals surface area contributed by atoms with Crippen LogP contribution in [0.25, 0.3) is 11.1 Å². The maximum absolute atomic E-state index is 14.6. The molecule has 0 fully saturated rings. The zero-order valence-electron chi connectivity index (χ0n) is 14.9. The fourth-order valence-corrected chi connectivity index (χ4v) is 4.10. The third-order valence-corrected chi connectivity index (χ3v) is 5.66. The molecule has 25 heavy (non-hydrogen) atoms. The quantitative estimate of drug-likeness (QED) is 0.837. The fourth-order valence-electron chi connectivity index (χ4n) is 3.02. The highest BCUT2D eigenvalue weighted by Crippen LogP contribution is 2.33. The van der Waals surface area contributed by atoms with Crippen LogP contribution in [0.5, 0.6) is 0 Å². The van der Waals surface area contributed by atoms with Crippen LogP contribution in [0.2, 0.25) is 0 Å². The Morgan fingerprint density at radius 2 is 2.12 bits per heavy atom. The number of thioether (sulfide) groups is 1. The molecule has 0 unspecified atom stereocenters. The van der Waals surface area contributed by atoms with Crippen LogP contribution < -0.4 is 5.49 Å². The van der Waals surface area contributed by atoms with Crippen LogP contribution >= 0.6 is 11.8 Å². The molecule has 1 aliphatic heterocycles. The van der Waals surface area contributed by atoms with Crippen molar-refractivity contribution < 1.29 is 4.39 Å². The van der Waals surface area contributed by atoms with Gasteiger partial charge in [-0.2, -0.15) is 5.26 Å². The van der Waals surface area contributed by atoms with Crippen molar-refractivity contribution >= 4 is 11.8 Å². The maximum Gasteiger partial charge on any atom is 0.145 e. The summed E-state index contributed by atoms with van der Waals surface area (Å²) < 4.78 is 16.4. The molecule has 2 aromatic heterocycles. The van der Waals surface area contributed by atoms with E-state index >= 15 is 0 Å². The standard InChI is InChI=1S/C19H21FN4S/c1-11-9-24-16(25-10-11)6-13(14(7-21)18(24)22)12-5-15(20)17(23-8-12)19(2,3)4/h5-6,8,11,22H,9-10H2,1-4H3/t11-/m0/s1. The van der Waals surface area contributed by atoms with Gasteiger partial charge in [-0.25, -0.2) is 4.39 Å². The van der Waals surface area contributed by atoms with Gasteiger partial charge in [0.15, 0.2) is 0 Å².